The van der Waals surface area contributed by atoms with Gasteiger partial charge < -0.3 is 19.5 Å². The first-order valence-corrected chi connectivity index (χ1v) is 11.2. The van der Waals surface area contributed by atoms with Crippen molar-refractivity contribution in [1.29, 1.82) is 0 Å². The first-order valence-electron chi connectivity index (χ1n) is 10.4. The molecule has 3 aromatic rings. The molecule has 2 heterocycles. The second-order valence-corrected chi connectivity index (χ2v) is 8.91. The summed E-state index contributed by atoms with van der Waals surface area (Å²) in [7, 11) is 1.65. The van der Waals surface area contributed by atoms with Gasteiger partial charge in [0, 0.05) is 22.8 Å². The maximum atomic E-state index is 6.02. The van der Waals surface area contributed by atoms with Crippen molar-refractivity contribution >= 4 is 34.5 Å². The van der Waals surface area contributed by atoms with Crippen LogP contribution >= 0.6 is 23.8 Å². The quantitative estimate of drug-likeness (QED) is 0.464. The minimum atomic E-state index is -0.227. The number of methoxy groups -OCH3 is 1. The molecular weight excluding hydrogens is 444 g/mol. The SMILES string of the molecule is COc1ccc(C2NC(=S)N(CC(C)C)C(C)=C2c2nc(-c3ccc(Cl)cc3)no2)cc1. The van der Waals surface area contributed by atoms with Gasteiger partial charge in [-0.15, -0.1) is 0 Å². The van der Waals surface area contributed by atoms with Gasteiger partial charge in [0.1, 0.15) is 5.75 Å². The Morgan fingerprint density at radius 2 is 1.84 bits per heavy atom. The van der Waals surface area contributed by atoms with Crippen molar-refractivity contribution in [1.82, 2.24) is 20.4 Å². The summed E-state index contributed by atoms with van der Waals surface area (Å²) >= 11 is 11.7. The van der Waals surface area contributed by atoms with Crippen LogP contribution in [0.15, 0.2) is 58.8 Å². The van der Waals surface area contributed by atoms with Gasteiger partial charge in [0.2, 0.25) is 5.82 Å². The third-order valence-electron chi connectivity index (χ3n) is 5.35. The zero-order chi connectivity index (χ0) is 22.8. The molecule has 0 radical (unpaired) electrons. The lowest BCUT2D eigenvalue weighted by molar-refractivity contribution is 0.385. The van der Waals surface area contributed by atoms with Crippen LogP contribution < -0.4 is 10.1 Å². The van der Waals surface area contributed by atoms with Crippen molar-refractivity contribution < 1.29 is 9.26 Å². The fourth-order valence-corrected chi connectivity index (χ4v) is 4.19. The fourth-order valence-electron chi connectivity index (χ4n) is 3.74. The highest BCUT2D eigenvalue weighted by atomic mass is 35.5. The second kappa shape index (κ2) is 9.30. The van der Waals surface area contributed by atoms with Crippen LogP contribution in [0.2, 0.25) is 5.02 Å². The van der Waals surface area contributed by atoms with E-state index in [-0.39, 0.29) is 6.04 Å². The molecule has 1 unspecified atom stereocenters. The first-order chi connectivity index (χ1) is 15.4. The number of nitrogens with one attached hydrogen (secondary N) is 1. The zero-order valence-corrected chi connectivity index (χ0v) is 20.0. The number of thiocarbonyl (C=S) groups is 1. The van der Waals surface area contributed by atoms with Gasteiger partial charge in [-0.25, -0.2) is 0 Å². The highest BCUT2D eigenvalue weighted by Crippen LogP contribution is 2.38. The van der Waals surface area contributed by atoms with Gasteiger partial charge >= 0.3 is 0 Å². The number of aromatic nitrogens is 2. The highest BCUT2D eigenvalue weighted by Gasteiger charge is 2.34. The van der Waals surface area contributed by atoms with E-state index in [0.29, 0.717) is 27.8 Å². The fraction of sp³-hybridized carbons (Fsp3) is 0.292. The molecule has 8 heteroatoms. The van der Waals surface area contributed by atoms with Crippen molar-refractivity contribution in [2.24, 2.45) is 5.92 Å². The largest absolute Gasteiger partial charge is 0.497 e. The normalized spacial score (nSPS) is 16.5. The van der Waals surface area contributed by atoms with E-state index in [1.165, 1.54) is 0 Å². The Bertz CT molecular complexity index is 1140. The van der Waals surface area contributed by atoms with Crippen LogP contribution in [0.5, 0.6) is 5.75 Å². The molecule has 1 aliphatic heterocycles. The maximum Gasteiger partial charge on any atom is 0.258 e. The number of benzene rings is 2. The lowest BCUT2D eigenvalue weighted by Crippen LogP contribution is -2.47. The molecule has 6 nitrogen and oxygen atoms in total. The molecule has 0 saturated heterocycles. The molecule has 1 N–H and O–H groups in total. The third kappa shape index (κ3) is 4.49. The molecule has 0 fully saturated rings. The van der Waals surface area contributed by atoms with Crippen LogP contribution in [-0.4, -0.2) is 33.8 Å². The molecule has 4 rings (SSSR count). The summed E-state index contributed by atoms with van der Waals surface area (Å²) in [5.74, 6) is 2.18. The van der Waals surface area contributed by atoms with Crippen molar-refractivity contribution in [2.45, 2.75) is 26.8 Å². The van der Waals surface area contributed by atoms with E-state index in [1.54, 1.807) is 7.11 Å². The second-order valence-electron chi connectivity index (χ2n) is 8.09. The van der Waals surface area contributed by atoms with Crippen molar-refractivity contribution in [3.05, 3.63) is 70.7 Å². The number of hydrogen-bond donors (Lipinski definition) is 1. The van der Waals surface area contributed by atoms with Crippen LogP contribution in [0.1, 0.15) is 38.3 Å². The summed E-state index contributed by atoms with van der Waals surface area (Å²) in [5, 5.41) is 9.03. The number of ether oxygens (including phenoxy) is 1. The first kappa shape index (κ1) is 22.3. The topological polar surface area (TPSA) is 63.4 Å². The summed E-state index contributed by atoms with van der Waals surface area (Å²) in [6.45, 7) is 7.16. The molecule has 0 spiro atoms. The Kier molecular flexibility index (Phi) is 6.48. The molecule has 1 aromatic heterocycles. The maximum absolute atomic E-state index is 6.02. The highest BCUT2D eigenvalue weighted by molar-refractivity contribution is 7.80. The number of rotatable bonds is 6. The van der Waals surface area contributed by atoms with Crippen molar-refractivity contribution in [2.75, 3.05) is 13.7 Å². The molecule has 2 aromatic carbocycles. The Morgan fingerprint density at radius 1 is 1.16 bits per heavy atom. The summed E-state index contributed by atoms with van der Waals surface area (Å²) in [5.41, 5.74) is 3.76. The molecule has 32 heavy (non-hydrogen) atoms. The number of hydrogen-bond acceptors (Lipinski definition) is 5. The van der Waals surface area contributed by atoms with Crippen LogP contribution in [0, 0.1) is 5.92 Å². The predicted molar refractivity (Wildman–Crippen MR) is 130 cm³/mol. The third-order valence-corrected chi connectivity index (χ3v) is 5.94. The van der Waals surface area contributed by atoms with E-state index in [2.05, 4.69) is 29.2 Å². The van der Waals surface area contributed by atoms with E-state index in [4.69, 9.17) is 38.1 Å². The number of halogens is 1. The smallest absolute Gasteiger partial charge is 0.258 e. The van der Waals surface area contributed by atoms with Gasteiger partial charge in [0.25, 0.3) is 5.89 Å². The molecule has 0 bridgehead atoms. The van der Waals surface area contributed by atoms with Gasteiger partial charge in [-0.3, -0.25) is 0 Å². The molecule has 166 valence electrons. The minimum absolute atomic E-state index is 0.227. The van der Waals surface area contributed by atoms with Gasteiger partial charge in [0.15, 0.2) is 5.11 Å². The van der Waals surface area contributed by atoms with Gasteiger partial charge in [-0.1, -0.05) is 42.7 Å². The summed E-state index contributed by atoms with van der Waals surface area (Å²) in [6, 6.07) is 15.0. The monoisotopic (exact) mass is 468 g/mol. The van der Waals surface area contributed by atoms with Gasteiger partial charge in [-0.05, 0) is 67.0 Å². The standard InChI is InChI=1S/C24H25ClN4O2S/c1-14(2)13-29-15(3)20(21(26-24(29)32)16-7-11-19(30-4)12-8-16)23-27-22(28-31-23)17-5-9-18(25)10-6-17/h5-12,14,21H,13H2,1-4H3,(H,26,32). The van der Waals surface area contributed by atoms with E-state index in [9.17, 15) is 0 Å². The minimum Gasteiger partial charge on any atom is -0.497 e. The Hall–Kier alpha value is -2.90. The number of nitrogens with zero attached hydrogens (tertiary/aromatic N) is 3. The molecule has 0 aliphatic carbocycles. The Balaban J connectivity index is 1.79. The van der Waals surface area contributed by atoms with Crippen LogP contribution in [0.3, 0.4) is 0 Å². The van der Waals surface area contributed by atoms with Crippen LogP contribution in [0.4, 0.5) is 0 Å². The average molecular weight is 469 g/mol. The molecule has 1 atom stereocenters. The molecule has 0 saturated carbocycles. The summed E-state index contributed by atoms with van der Waals surface area (Å²) < 4.78 is 11.1. The summed E-state index contributed by atoms with van der Waals surface area (Å²) in [6.07, 6.45) is 0. The van der Waals surface area contributed by atoms with E-state index in [0.717, 1.165) is 34.7 Å². The van der Waals surface area contributed by atoms with E-state index >= 15 is 0 Å². The zero-order valence-electron chi connectivity index (χ0n) is 18.4. The van der Waals surface area contributed by atoms with Crippen molar-refractivity contribution in [3.8, 4) is 17.1 Å². The summed E-state index contributed by atoms with van der Waals surface area (Å²) in [4.78, 5) is 6.82. The van der Waals surface area contributed by atoms with Crippen LogP contribution in [-0.2, 0) is 0 Å². The average Bonchev–Trinajstić information content (AvgIpc) is 3.26. The molecule has 0 amide bonds. The van der Waals surface area contributed by atoms with Gasteiger partial charge in [-0.2, -0.15) is 4.98 Å². The van der Waals surface area contributed by atoms with Crippen molar-refractivity contribution in [3.63, 3.8) is 0 Å². The predicted octanol–water partition coefficient (Wildman–Crippen LogP) is 5.72. The molecule has 1 aliphatic rings. The molecular formula is C24H25ClN4O2S. The Morgan fingerprint density at radius 3 is 2.47 bits per heavy atom. The van der Waals surface area contributed by atoms with Crippen LogP contribution in [0.25, 0.3) is 17.0 Å². The Labute approximate surface area is 198 Å². The lowest BCUT2D eigenvalue weighted by Gasteiger charge is -2.38. The van der Waals surface area contributed by atoms with E-state index in [1.807, 2.05) is 55.5 Å². The van der Waals surface area contributed by atoms with Gasteiger partial charge in [0.05, 0.1) is 18.7 Å². The number of allylic oxidation sites excluding steroid dienone is 1. The van der Waals surface area contributed by atoms with E-state index < -0.39 is 0 Å². The lowest BCUT2D eigenvalue weighted by atomic mass is 9.94.